The molecule has 27 heavy (non-hydrogen) atoms. The minimum absolute atomic E-state index is 0.227. The number of methoxy groups -OCH3 is 1. The van der Waals surface area contributed by atoms with E-state index in [0.717, 1.165) is 10.9 Å². The van der Waals surface area contributed by atoms with Crippen LogP contribution in [0.4, 0.5) is 5.69 Å². The SMILES string of the molecule is COc1cc(-c2nc[nH]n2)c(-c2ccc3c(N)cnnc3c2)cc1B(O)O. The Kier molecular flexibility index (Phi) is 4.19. The number of nitrogens with one attached hydrogen (secondary N) is 1. The molecule has 2 aromatic carbocycles. The molecule has 0 unspecified atom stereocenters. The lowest BCUT2D eigenvalue weighted by Gasteiger charge is -2.15. The number of benzene rings is 2. The Morgan fingerprint density at radius 1 is 1.15 bits per heavy atom. The molecule has 0 amide bonds. The Balaban J connectivity index is 1.99. The van der Waals surface area contributed by atoms with Gasteiger partial charge in [-0.2, -0.15) is 15.3 Å². The number of hydrogen-bond donors (Lipinski definition) is 4. The maximum absolute atomic E-state index is 9.74. The minimum Gasteiger partial charge on any atom is -0.497 e. The third-order valence-electron chi connectivity index (χ3n) is 4.29. The molecular formula is C17H15BN6O3. The number of fused-ring (bicyclic) bond motifs is 1. The van der Waals surface area contributed by atoms with Gasteiger partial charge in [-0.15, -0.1) is 0 Å². The maximum Gasteiger partial charge on any atom is 0.492 e. The first-order valence-electron chi connectivity index (χ1n) is 8.04. The number of nitrogen functional groups attached to an aromatic ring is 1. The third kappa shape index (κ3) is 2.96. The molecular weight excluding hydrogens is 347 g/mol. The van der Waals surface area contributed by atoms with Crippen molar-refractivity contribution in [3.63, 3.8) is 0 Å². The van der Waals surface area contributed by atoms with Gasteiger partial charge in [-0.05, 0) is 29.3 Å². The third-order valence-corrected chi connectivity index (χ3v) is 4.29. The maximum atomic E-state index is 9.74. The molecule has 9 nitrogen and oxygen atoms in total. The van der Waals surface area contributed by atoms with E-state index in [1.165, 1.54) is 19.6 Å². The predicted octanol–water partition coefficient (Wildman–Crippen LogP) is 0.352. The quantitative estimate of drug-likeness (QED) is 0.381. The lowest BCUT2D eigenvalue weighted by Crippen LogP contribution is -2.31. The summed E-state index contributed by atoms with van der Waals surface area (Å²) < 4.78 is 5.30. The standard InChI is InChI=1S/C17H15BN6O3/c1-27-16-6-12(17-20-8-22-24-17)11(5-13(16)18(25)26)9-2-3-10-14(19)7-21-23-15(10)4-9/h2-8,25-26H,1H3,(H2,19,23)(H,20,22,24). The normalized spacial score (nSPS) is 10.9. The number of aromatic amines is 1. The summed E-state index contributed by atoms with van der Waals surface area (Å²) in [5, 5.41) is 35.1. The van der Waals surface area contributed by atoms with Crippen LogP contribution in [0.5, 0.6) is 5.75 Å². The number of H-pyrrole nitrogens is 1. The Morgan fingerprint density at radius 2 is 2.00 bits per heavy atom. The summed E-state index contributed by atoms with van der Waals surface area (Å²) in [6, 6.07) is 8.84. The van der Waals surface area contributed by atoms with Crippen LogP contribution in [0.25, 0.3) is 33.4 Å². The summed E-state index contributed by atoms with van der Waals surface area (Å²) >= 11 is 0. The van der Waals surface area contributed by atoms with Crippen LogP contribution in [0.2, 0.25) is 0 Å². The fourth-order valence-electron chi connectivity index (χ4n) is 2.99. The van der Waals surface area contributed by atoms with Crippen LogP contribution in [0.1, 0.15) is 0 Å². The van der Waals surface area contributed by atoms with Crippen molar-refractivity contribution >= 4 is 29.2 Å². The number of nitrogens with two attached hydrogens (primary N) is 1. The second-order valence-corrected chi connectivity index (χ2v) is 5.87. The van der Waals surface area contributed by atoms with Gasteiger partial charge in [-0.3, -0.25) is 5.10 Å². The summed E-state index contributed by atoms with van der Waals surface area (Å²) in [4.78, 5) is 4.20. The van der Waals surface area contributed by atoms with Crippen molar-refractivity contribution in [1.29, 1.82) is 0 Å². The summed E-state index contributed by atoms with van der Waals surface area (Å²) in [6.07, 6.45) is 2.96. The summed E-state index contributed by atoms with van der Waals surface area (Å²) in [5.41, 5.74) is 9.44. The van der Waals surface area contributed by atoms with Crippen molar-refractivity contribution in [2.75, 3.05) is 12.8 Å². The van der Waals surface area contributed by atoms with Crippen LogP contribution in [-0.4, -0.2) is 49.7 Å². The second-order valence-electron chi connectivity index (χ2n) is 5.87. The van der Waals surface area contributed by atoms with Crippen molar-refractivity contribution in [3.8, 4) is 28.3 Å². The molecule has 0 atom stereocenters. The van der Waals surface area contributed by atoms with Gasteiger partial charge in [0.05, 0.1) is 24.5 Å². The molecule has 5 N–H and O–H groups in total. The molecule has 10 heteroatoms. The first-order chi connectivity index (χ1) is 13.1. The van der Waals surface area contributed by atoms with Crippen LogP contribution in [0.15, 0.2) is 42.9 Å². The van der Waals surface area contributed by atoms with Crippen LogP contribution in [0, 0.1) is 0 Å². The zero-order chi connectivity index (χ0) is 19.0. The molecule has 2 heterocycles. The van der Waals surface area contributed by atoms with Crippen LogP contribution in [0.3, 0.4) is 0 Å². The zero-order valence-corrected chi connectivity index (χ0v) is 14.3. The van der Waals surface area contributed by atoms with E-state index in [1.807, 2.05) is 18.2 Å². The minimum atomic E-state index is -1.70. The van der Waals surface area contributed by atoms with E-state index in [2.05, 4.69) is 25.4 Å². The van der Waals surface area contributed by atoms with Crippen molar-refractivity contribution in [2.24, 2.45) is 0 Å². The van der Waals surface area contributed by atoms with Gasteiger partial charge in [-0.25, -0.2) is 4.98 Å². The highest BCUT2D eigenvalue weighted by atomic mass is 16.5. The molecule has 0 bridgehead atoms. The Morgan fingerprint density at radius 3 is 2.70 bits per heavy atom. The van der Waals surface area contributed by atoms with Crippen molar-refractivity contribution in [1.82, 2.24) is 25.4 Å². The molecule has 0 aliphatic heterocycles. The smallest absolute Gasteiger partial charge is 0.492 e. The van der Waals surface area contributed by atoms with E-state index in [0.29, 0.717) is 33.9 Å². The summed E-state index contributed by atoms with van der Waals surface area (Å²) in [7, 11) is -0.243. The first-order valence-corrected chi connectivity index (χ1v) is 8.04. The fraction of sp³-hybridized carbons (Fsp3) is 0.0588. The highest BCUT2D eigenvalue weighted by Crippen LogP contribution is 2.34. The number of hydrogen-bond acceptors (Lipinski definition) is 8. The van der Waals surface area contributed by atoms with Gasteiger partial charge in [-0.1, -0.05) is 12.1 Å². The van der Waals surface area contributed by atoms with E-state index in [-0.39, 0.29) is 5.46 Å². The molecule has 0 fully saturated rings. The molecule has 2 aromatic heterocycles. The van der Waals surface area contributed by atoms with E-state index < -0.39 is 7.12 Å². The van der Waals surface area contributed by atoms with Gasteiger partial charge >= 0.3 is 7.12 Å². The Hall–Kier alpha value is -3.50. The van der Waals surface area contributed by atoms with Crippen molar-refractivity contribution < 1.29 is 14.8 Å². The second kappa shape index (κ2) is 6.67. The molecule has 0 radical (unpaired) electrons. The van der Waals surface area contributed by atoms with Gasteiger partial charge in [0.15, 0.2) is 5.82 Å². The highest BCUT2D eigenvalue weighted by molar-refractivity contribution is 6.60. The van der Waals surface area contributed by atoms with Gasteiger partial charge in [0.25, 0.3) is 0 Å². The lowest BCUT2D eigenvalue weighted by atomic mass is 9.77. The van der Waals surface area contributed by atoms with E-state index in [4.69, 9.17) is 10.5 Å². The van der Waals surface area contributed by atoms with Crippen molar-refractivity contribution in [3.05, 3.63) is 42.9 Å². The van der Waals surface area contributed by atoms with Crippen molar-refractivity contribution in [2.45, 2.75) is 0 Å². The number of nitrogens with zero attached hydrogens (tertiary/aromatic N) is 4. The predicted molar refractivity (Wildman–Crippen MR) is 101 cm³/mol. The summed E-state index contributed by atoms with van der Waals surface area (Å²) in [6.45, 7) is 0. The molecule has 4 aromatic rings. The number of ether oxygens (including phenoxy) is 1. The van der Waals surface area contributed by atoms with Gasteiger partial charge in [0.2, 0.25) is 0 Å². The molecule has 0 saturated heterocycles. The number of rotatable bonds is 4. The molecule has 4 rings (SSSR count). The first kappa shape index (κ1) is 16.9. The molecule has 0 saturated carbocycles. The lowest BCUT2D eigenvalue weighted by molar-refractivity contribution is 0.403. The van der Waals surface area contributed by atoms with Gasteiger partial charge in [0.1, 0.15) is 12.1 Å². The zero-order valence-electron chi connectivity index (χ0n) is 14.3. The molecule has 0 spiro atoms. The average molecular weight is 362 g/mol. The largest absolute Gasteiger partial charge is 0.497 e. The van der Waals surface area contributed by atoms with Gasteiger partial charge < -0.3 is 20.5 Å². The van der Waals surface area contributed by atoms with E-state index in [1.54, 1.807) is 12.1 Å². The van der Waals surface area contributed by atoms with E-state index >= 15 is 0 Å². The number of anilines is 1. The molecule has 0 aliphatic carbocycles. The Labute approximate surface area is 154 Å². The average Bonchev–Trinajstić information content (AvgIpc) is 3.21. The van der Waals surface area contributed by atoms with E-state index in [9.17, 15) is 10.0 Å². The Bertz CT molecular complexity index is 1120. The molecule has 134 valence electrons. The monoisotopic (exact) mass is 362 g/mol. The van der Waals surface area contributed by atoms with Crippen LogP contribution < -0.4 is 15.9 Å². The van der Waals surface area contributed by atoms with Gasteiger partial charge in [0, 0.05) is 16.4 Å². The summed E-state index contributed by atoms with van der Waals surface area (Å²) in [5.74, 6) is 0.763. The topological polar surface area (TPSA) is 143 Å². The fourth-order valence-corrected chi connectivity index (χ4v) is 2.99. The van der Waals surface area contributed by atoms with Crippen LogP contribution >= 0.6 is 0 Å². The molecule has 0 aliphatic rings. The van der Waals surface area contributed by atoms with Crippen LogP contribution in [-0.2, 0) is 0 Å². The number of aromatic nitrogens is 5. The highest BCUT2D eigenvalue weighted by Gasteiger charge is 2.22.